The van der Waals surface area contributed by atoms with Gasteiger partial charge in [-0.05, 0) is 105 Å². The number of aliphatic imine (C=N–C) groups is 1. The number of hydrogen-bond donors (Lipinski definition) is 1. The van der Waals surface area contributed by atoms with Gasteiger partial charge in [-0.1, -0.05) is 61.5 Å². The van der Waals surface area contributed by atoms with Crippen LogP contribution >= 0.6 is 34.4 Å². The smallest absolute Gasteiger partial charge is 0.264 e. The summed E-state index contributed by atoms with van der Waals surface area (Å²) in [6, 6.07) is 28.7. The molecule has 5 rings (SSSR count). The van der Waals surface area contributed by atoms with Gasteiger partial charge in [0.2, 0.25) is 0 Å². The molecular formula is C29H23IN2O2S. The summed E-state index contributed by atoms with van der Waals surface area (Å²) >= 11 is 3.63. The minimum atomic E-state index is -0.134. The van der Waals surface area contributed by atoms with E-state index >= 15 is 0 Å². The van der Waals surface area contributed by atoms with Gasteiger partial charge in [-0.3, -0.25) is 4.79 Å². The standard InChI is InChI=1S/C29H23IN2O2S/c1-2-19-8-12-24(13-9-19)31-29-32-28(33)27(35-29)17-20-10-14-26(25(30)16-20)34-18-21-7-11-22-5-3-4-6-23(22)15-21/h3-17H,2,18H2,1H3,(H,31,32,33)/b27-17-. The highest BCUT2D eigenvalue weighted by Gasteiger charge is 2.23. The van der Waals surface area contributed by atoms with Gasteiger partial charge in [0.25, 0.3) is 5.91 Å². The van der Waals surface area contributed by atoms with Crippen LogP contribution in [0.5, 0.6) is 5.75 Å². The van der Waals surface area contributed by atoms with Crippen LogP contribution in [-0.4, -0.2) is 11.1 Å². The molecule has 1 saturated heterocycles. The molecule has 1 aliphatic rings. The molecule has 4 aromatic rings. The summed E-state index contributed by atoms with van der Waals surface area (Å²) in [5, 5.41) is 5.88. The molecule has 0 spiro atoms. The minimum absolute atomic E-state index is 0.134. The van der Waals surface area contributed by atoms with Crippen LogP contribution < -0.4 is 10.1 Å². The van der Waals surface area contributed by atoms with Crippen LogP contribution in [-0.2, 0) is 17.8 Å². The third-order valence-electron chi connectivity index (χ3n) is 5.69. The Bertz CT molecular complexity index is 1460. The quantitative estimate of drug-likeness (QED) is 0.187. The lowest BCUT2D eigenvalue weighted by molar-refractivity contribution is -0.115. The molecule has 0 atom stereocenters. The van der Waals surface area contributed by atoms with E-state index in [4.69, 9.17) is 4.74 Å². The average Bonchev–Trinajstić information content (AvgIpc) is 3.22. The molecule has 1 N–H and O–H groups in total. The summed E-state index contributed by atoms with van der Waals surface area (Å²) in [6.07, 6.45) is 2.87. The second-order valence-electron chi connectivity index (χ2n) is 8.16. The number of ether oxygens (including phenoxy) is 1. The molecule has 0 unspecified atom stereocenters. The molecule has 4 aromatic carbocycles. The van der Waals surface area contributed by atoms with E-state index in [1.54, 1.807) is 0 Å². The Kier molecular flexibility index (Phi) is 7.20. The maximum Gasteiger partial charge on any atom is 0.264 e. The molecule has 35 heavy (non-hydrogen) atoms. The second kappa shape index (κ2) is 10.7. The fraction of sp³-hybridized carbons (Fsp3) is 0.103. The van der Waals surface area contributed by atoms with Gasteiger partial charge in [0.15, 0.2) is 5.17 Å². The first-order chi connectivity index (χ1) is 17.1. The van der Waals surface area contributed by atoms with Gasteiger partial charge in [-0.25, -0.2) is 4.99 Å². The number of amides is 1. The van der Waals surface area contributed by atoms with Crippen LogP contribution in [0.3, 0.4) is 0 Å². The molecule has 1 amide bonds. The predicted octanol–water partition coefficient (Wildman–Crippen LogP) is 7.48. The number of thioether (sulfide) groups is 1. The third kappa shape index (κ3) is 5.77. The molecule has 0 bridgehead atoms. The molecule has 1 heterocycles. The van der Waals surface area contributed by atoms with E-state index in [0.29, 0.717) is 16.7 Å². The number of carbonyl (C=O) groups is 1. The summed E-state index contributed by atoms with van der Waals surface area (Å²) < 4.78 is 7.08. The van der Waals surface area contributed by atoms with Crippen molar-refractivity contribution in [2.24, 2.45) is 4.99 Å². The molecule has 0 aromatic heterocycles. The van der Waals surface area contributed by atoms with Gasteiger partial charge in [-0.15, -0.1) is 0 Å². The number of carbonyl (C=O) groups excluding carboxylic acids is 1. The van der Waals surface area contributed by atoms with Crippen molar-refractivity contribution in [3.63, 3.8) is 0 Å². The van der Waals surface area contributed by atoms with Gasteiger partial charge >= 0.3 is 0 Å². The first-order valence-electron chi connectivity index (χ1n) is 11.4. The number of benzene rings is 4. The topological polar surface area (TPSA) is 50.7 Å². The fourth-order valence-electron chi connectivity index (χ4n) is 3.77. The van der Waals surface area contributed by atoms with Crippen molar-refractivity contribution in [1.29, 1.82) is 0 Å². The molecule has 0 saturated carbocycles. The van der Waals surface area contributed by atoms with E-state index in [9.17, 15) is 4.79 Å². The number of rotatable bonds is 6. The van der Waals surface area contributed by atoms with Crippen molar-refractivity contribution < 1.29 is 9.53 Å². The van der Waals surface area contributed by atoms with Crippen molar-refractivity contribution >= 4 is 68.0 Å². The zero-order valence-electron chi connectivity index (χ0n) is 19.1. The number of hydrogen-bond acceptors (Lipinski definition) is 4. The van der Waals surface area contributed by atoms with E-state index in [1.807, 2.05) is 48.5 Å². The Morgan fingerprint density at radius 1 is 0.943 bits per heavy atom. The third-order valence-corrected chi connectivity index (χ3v) is 7.44. The highest BCUT2D eigenvalue weighted by atomic mass is 127. The van der Waals surface area contributed by atoms with Gasteiger partial charge in [-0.2, -0.15) is 0 Å². The Morgan fingerprint density at radius 3 is 2.49 bits per heavy atom. The maximum atomic E-state index is 12.5. The summed E-state index contributed by atoms with van der Waals surface area (Å²) in [5.41, 5.74) is 4.16. The number of halogens is 1. The normalized spacial score (nSPS) is 15.7. The van der Waals surface area contributed by atoms with Crippen molar-refractivity contribution in [2.45, 2.75) is 20.0 Å². The van der Waals surface area contributed by atoms with Crippen LogP contribution in [0.25, 0.3) is 16.8 Å². The van der Waals surface area contributed by atoms with Gasteiger partial charge in [0, 0.05) is 0 Å². The number of nitrogens with zero attached hydrogens (tertiary/aromatic N) is 1. The number of amidine groups is 1. The fourth-order valence-corrected chi connectivity index (χ4v) is 5.31. The Morgan fingerprint density at radius 2 is 1.71 bits per heavy atom. The molecule has 4 nitrogen and oxygen atoms in total. The largest absolute Gasteiger partial charge is 0.488 e. The summed E-state index contributed by atoms with van der Waals surface area (Å²) in [6.45, 7) is 2.62. The second-order valence-corrected chi connectivity index (χ2v) is 10.4. The van der Waals surface area contributed by atoms with E-state index in [-0.39, 0.29) is 5.91 Å². The molecule has 174 valence electrons. The Labute approximate surface area is 222 Å². The molecular weight excluding hydrogens is 567 g/mol. The first kappa shape index (κ1) is 23.6. The zero-order valence-corrected chi connectivity index (χ0v) is 22.1. The zero-order chi connectivity index (χ0) is 24.2. The summed E-state index contributed by atoms with van der Waals surface area (Å²) in [5.74, 6) is 0.688. The molecule has 1 aliphatic heterocycles. The van der Waals surface area contributed by atoms with E-state index in [1.165, 1.54) is 28.1 Å². The molecule has 6 heteroatoms. The highest BCUT2D eigenvalue weighted by molar-refractivity contribution is 14.1. The lowest BCUT2D eigenvalue weighted by Gasteiger charge is -2.10. The van der Waals surface area contributed by atoms with E-state index < -0.39 is 0 Å². The number of aryl methyl sites for hydroxylation is 1. The van der Waals surface area contributed by atoms with Gasteiger partial charge in [0.05, 0.1) is 14.2 Å². The number of nitrogens with one attached hydrogen (secondary N) is 1. The van der Waals surface area contributed by atoms with Crippen molar-refractivity contribution in [1.82, 2.24) is 5.32 Å². The van der Waals surface area contributed by atoms with Crippen molar-refractivity contribution in [3.05, 3.63) is 110 Å². The van der Waals surface area contributed by atoms with E-state index in [0.717, 1.165) is 32.6 Å². The Balaban J connectivity index is 1.26. The summed E-state index contributed by atoms with van der Waals surface area (Å²) in [4.78, 5) is 17.7. The van der Waals surface area contributed by atoms with Crippen LogP contribution in [0.2, 0.25) is 0 Å². The average molecular weight is 590 g/mol. The van der Waals surface area contributed by atoms with Gasteiger partial charge in [0.1, 0.15) is 12.4 Å². The van der Waals surface area contributed by atoms with Crippen molar-refractivity contribution in [3.8, 4) is 5.75 Å². The molecule has 1 fully saturated rings. The monoisotopic (exact) mass is 590 g/mol. The molecule has 0 radical (unpaired) electrons. The number of fused-ring (bicyclic) bond motifs is 1. The predicted molar refractivity (Wildman–Crippen MR) is 154 cm³/mol. The van der Waals surface area contributed by atoms with Crippen LogP contribution in [0.4, 0.5) is 5.69 Å². The highest BCUT2D eigenvalue weighted by Crippen LogP contribution is 2.30. The maximum absolute atomic E-state index is 12.5. The lowest BCUT2D eigenvalue weighted by atomic mass is 10.1. The summed E-state index contributed by atoms with van der Waals surface area (Å²) in [7, 11) is 0. The lowest BCUT2D eigenvalue weighted by Crippen LogP contribution is -2.19. The SMILES string of the molecule is CCc1ccc(N=C2NC(=O)/C(=C/c3ccc(OCc4ccc5ccccc5c4)c(I)c3)S2)cc1. The van der Waals surface area contributed by atoms with Crippen LogP contribution in [0.15, 0.2) is 94.8 Å². The minimum Gasteiger partial charge on any atom is -0.488 e. The molecule has 0 aliphatic carbocycles. The Hall–Kier alpha value is -3.10. The first-order valence-corrected chi connectivity index (χ1v) is 13.3. The van der Waals surface area contributed by atoms with Crippen molar-refractivity contribution in [2.75, 3.05) is 0 Å². The van der Waals surface area contributed by atoms with Gasteiger partial charge < -0.3 is 10.1 Å². The van der Waals surface area contributed by atoms with E-state index in [2.05, 4.69) is 82.3 Å². The van der Waals surface area contributed by atoms with Crippen LogP contribution in [0.1, 0.15) is 23.6 Å². The van der Waals surface area contributed by atoms with Crippen LogP contribution in [0, 0.1) is 3.57 Å².